The first kappa shape index (κ1) is 9.98. The molecule has 1 heterocycles. The van der Waals surface area contributed by atoms with Gasteiger partial charge in [0.25, 0.3) is 0 Å². The van der Waals surface area contributed by atoms with Crippen LogP contribution in [0.15, 0.2) is 22.9 Å². The molecule has 2 N–H and O–H groups in total. The van der Waals surface area contributed by atoms with E-state index in [1.807, 2.05) is 12.1 Å². The standard InChI is InChI=1S/C8H9BrN2O2/c9-7-6(2-1-4-10-7)3-5-11-8(12)13/h1-2,4,11H,3,5H2,(H,12,13). The molecule has 4 nitrogen and oxygen atoms in total. The highest BCUT2D eigenvalue weighted by molar-refractivity contribution is 9.10. The summed E-state index contributed by atoms with van der Waals surface area (Å²) in [5.41, 5.74) is 0.997. The van der Waals surface area contributed by atoms with Crippen LogP contribution >= 0.6 is 15.9 Å². The minimum absolute atomic E-state index is 0.402. The van der Waals surface area contributed by atoms with Gasteiger partial charge in [0.05, 0.1) is 0 Å². The van der Waals surface area contributed by atoms with Crippen molar-refractivity contribution >= 4 is 22.0 Å². The zero-order chi connectivity index (χ0) is 9.68. The van der Waals surface area contributed by atoms with Crippen molar-refractivity contribution in [3.05, 3.63) is 28.5 Å². The molecule has 0 bridgehead atoms. The number of nitrogens with one attached hydrogen (secondary N) is 1. The molecule has 0 aromatic carbocycles. The molecule has 0 atom stereocenters. The van der Waals surface area contributed by atoms with Gasteiger partial charge in [-0.2, -0.15) is 0 Å². The van der Waals surface area contributed by atoms with Crippen LogP contribution in [0.2, 0.25) is 0 Å². The van der Waals surface area contributed by atoms with Crippen LogP contribution in [-0.2, 0) is 6.42 Å². The lowest BCUT2D eigenvalue weighted by atomic mass is 10.2. The lowest BCUT2D eigenvalue weighted by Gasteiger charge is -2.02. The normalized spacial score (nSPS) is 9.62. The van der Waals surface area contributed by atoms with Gasteiger partial charge in [0.1, 0.15) is 4.60 Å². The van der Waals surface area contributed by atoms with Gasteiger partial charge in [-0.05, 0) is 34.0 Å². The largest absolute Gasteiger partial charge is 0.465 e. The summed E-state index contributed by atoms with van der Waals surface area (Å²) in [6.07, 6.45) is 1.32. The third-order valence-electron chi connectivity index (χ3n) is 1.51. The second kappa shape index (κ2) is 4.81. The van der Waals surface area contributed by atoms with Crippen LogP contribution in [0.3, 0.4) is 0 Å². The topological polar surface area (TPSA) is 62.2 Å². The summed E-state index contributed by atoms with van der Waals surface area (Å²) in [5.74, 6) is 0. The van der Waals surface area contributed by atoms with E-state index >= 15 is 0 Å². The molecule has 1 amide bonds. The minimum Gasteiger partial charge on any atom is -0.465 e. The summed E-state index contributed by atoms with van der Waals surface area (Å²) in [7, 11) is 0. The number of pyridine rings is 1. The number of halogens is 1. The summed E-state index contributed by atoms with van der Waals surface area (Å²) in [6.45, 7) is 0.402. The summed E-state index contributed by atoms with van der Waals surface area (Å²) in [5, 5.41) is 10.6. The van der Waals surface area contributed by atoms with Crippen LogP contribution in [0.4, 0.5) is 4.79 Å². The van der Waals surface area contributed by atoms with E-state index in [0.717, 1.165) is 10.2 Å². The van der Waals surface area contributed by atoms with Crippen LogP contribution < -0.4 is 5.32 Å². The average molecular weight is 245 g/mol. The number of carbonyl (C=O) groups is 1. The summed E-state index contributed by atoms with van der Waals surface area (Å²) >= 11 is 3.28. The zero-order valence-electron chi connectivity index (χ0n) is 6.83. The highest BCUT2D eigenvalue weighted by Crippen LogP contribution is 2.12. The van der Waals surface area contributed by atoms with Gasteiger partial charge in [0.2, 0.25) is 0 Å². The SMILES string of the molecule is O=C(O)NCCc1cccnc1Br. The predicted molar refractivity (Wildman–Crippen MR) is 51.7 cm³/mol. The Labute approximate surface area is 84.1 Å². The van der Waals surface area contributed by atoms with E-state index in [2.05, 4.69) is 26.2 Å². The molecule has 1 aromatic heterocycles. The second-order valence-corrected chi connectivity index (χ2v) is 3.19. The van der Waals surface area contributed by atoms with Crippen LogP contribution in [0.5, 0.6) is 0 Å². The van der Waals surface area contributed by atoms with Crippen molar-refractivity contribution in [1.29, 1.82) is 0 Å². The van der Waals surface area contributed by atoms with Crippen LogP contribution in [-0.4, -0.2) is 22.7 Å². The number of carboxylic acid groups (broad SMARTS) is 1. The Morgan fingerprint density at radius 2 is 2.46 bits per heavy atom. The fourth-order valence-electron chi connectivity index (χ4n) is 0.910. The molecule has 0 spiro atoms. The van der Waals surface area contributed by atoms with Crippen molar-refractivity contribution in [3.8, 4) is 0 Å². The first-order chi connectivity index (χ1) is 6.20. The van der Waals surface area contributed by atoms with E-state index in [-0.39, 0.29) is 0 Å². The first-order valence-corrected chi connectivity index (χ1v) is 4.55. The van der Waals surface area contributed by atoms with Gasteiger partial charge in [-0.1, -0.05) is 6.07 Å². The average Bonchev–Trinajstić information content (AvgIpc) is 2.08. The van der Waals surface area contributed by atoms with Crippen LogP contribution in [0.1, 0.15) is 5.56 Å². The van der Waals surface area contributed by atoms with Gasteiger partial charge >= 0.3 is 6.09 Å². The lowest BCUT2D eigenvalue weighted by molar-refractivity contribution is 0.194. The van der Waals surface area contributed by atoms with E-state index in [1.165, 1.54) is 0 Å². The lowest BCUT2D eigenvalue weighted by Crippen LogP contribution is -2.23. The molecule has 0 aliphatic rings. The number of hydrogen-bond acceptors (Lipinski definition) is 2. The fourth-order valence-corrected chi connectivity index (χ4v) is 1.36. The Bertz CT molecular complexity index is 304. The quantitative estimate of drug-likeness (QED) is 0.796. The van der Waals surface area contributed by atoms with Gasteiger partial charge in [-0.3, -0.25) is 0 Å². The van der Waals surface area contributed by atoms with Gasteiger partial charge in [-0.25, -0.2) is 9.78 Å². The first-order valence-electron chi connectivity index (χ1n) is 3.76. The molecule has 0 fully saturated rings. The molecule has 0 unspecified atom stereocenters. The summed E-state index contributed by atoms with van der Waals surface area (Å²) in [4.78, 5) is 14.2. The molecule has 1 aromatic rings. The van der Waals surface area contributed by atoms with Crippen molar-refractivity contribution in [1.82, 2.24) is 10.3 Å². The second-order valence-electron chi connectivity index (χ2n) is 2.44. The maximum Gasteiger partial charge on any atom is 0.404 e. The fraction of sp³-hybridized carbons (Fsp3) is 0.250. The molecule has 13 heavy (non-hydrogen) atoms. The molecular weight excluding hydrogens is 236 g/mol. The summed E-state index contributed by atoms with van der Waals surface area (Å²) in [6, 6.07) is 3.72. The van der Waals surface area contributed by atoms with Gasteiger partial charge < -0.3 is 10.4 Å². The highest BCUT2D eigenvalue weighted by atomic mass is 79.9. The summed E-state index contributed by atoms with van der Waals surface area (Å²) < 4.78 is 0.766. The molecule has 70 valence electrons. The Morgan fingerprint density at radius 1 is 1.69 bits per heavy atom. The van der Waals surface area contributed by atoms with Crippen molar-refractivity contribution in [2.24, 2.45) is 0 Å². The van der Waals surface area contributed by atoms with Crippen molar-refractivity contribution in [3.63, 3.8) is 0 Å². The smallest absolute Gasteiger partial charge is 0.404 e. The Hall–Kier alpha value is -1.10. The molecule has 0 aliphatic carbocycles. The van der Waals surface area contributed by atoms with E-state index < -0.39 is 6.09 Å². The maximum absolute atomic E-state index is 10.1. The Balaban J connectivity index is 2.45. The van der Waals surface area contributed by atoms with Crippen molar-refractivity contribution < 1.29 is 9.90 Å². The number of aromatic nitrogens is 1. The third kappa shape index (κ3) is 3.42. The van der Waals surface area contributed by atoms with Crippen molar-refractivity contribution in [2.45, 2.75) is 6.42 Å². The monoisotopic (exact) mass is 244 g/mol. The molecule has 0 radical (unpaired) electrons. The molecule has 1 rings (SSSR count). The minimum atomic E-state index is -1.000. The van der Waals surface area contributed by atoms with E-state index in [0.29, 0.717) is 13.0 Å². The highest BCUT2D eigenvalue weighted by Gasteiger charge is 2.00. The number of amides is 1. The van der Waals surface area contributed by atoms with Gasteiger partial charge in [0, 0.05) is 12.7 Å². The van der Waals surface area contributed by atoms with Gasteiger partial charge in [-0.15, -0.1) is 0 Å². The van der Waals surface area contributed by atoms with E-state index in [9.17, 15) is 4.79 Å². The number of nitrogens with zero attached hydrogens (tertiary/aromatic N) is 1. The van der Waals surface area contributed by atoms with Crippen LogP contribution in [0, 0.1) is 0 Å². The van der Waals surface area contributed by atoms with E-state index in [4.69, 9.17) is 5.11 Å². The van der Waals surface area contributed by atoms with Gasteiger partial charge in [0.15, 0.2) is 0 Å². The molecule has 0 saturated carbocycles. The van der Waals surface area contributed by atoms with Crippen molar-refractivity contribution in [2.75, 3.05) is 6.54 Å². The predicted octanol–water partition coefficient (Wildman–Crippen LogP) is 1.65. The maximum atomic E-state index is 10.1. The number of hydrogen-bond donors (Lipinski definition) is 2. The molecule has 0 saturated heterocycles. The number of rotatable bonds is 3. The Morgan fingerprint density at radius 3 is 3.08 bits per heavy atom. The van der Waals surface area contributed by atoms with E-state index in [1.54, 1.807) is 6.20 Å². The zero-order valence-corrected chi connectivity index (χ0v) is 8.41. The molecule has 0 aliphatic heterocycles. The third-order valence-corrected chi connectivity index (χ3v) is 2.22. The molecule has 5 heteroatoms. The van der Waals surface area contributed by atoms with Crippen LogP contribution in [0.25, 0.3) is 0 Å². The Kier molecular flexibility index (Phi) is 3.70. The molecular formula is C8H9BrN2O2.